The highest BCUT2D eigenvalue weighted by Crippen LogP contribution is 2.27. The molecule has 2 fully saturated rings. The molecule has 9 nitrogen and oxygen atoms in total. The average Bonchev–Trinajstić information content (AvgIpc) is 3.45. The van der Waals surface area contributed by atoms with E-state index in [2.05, 4.69) is 9.62 Å². The molecule has 2 saturated heterocycles. The van der Waals surface area contributed by atoms with Crippen LogP contribution in [0.15, 0.2) is 52.0 Å². The van der Waals surface area contributed by atoms with Gasteiger partial charge in [-0.15, -0.1) is 0 Å². The van der Waals surface area contributed by atoms with E-state index in [9.17, 15) is 21.6 Å². The number of hydrogen-bond acceptors (Lipinski definition) is 7. The van der Waals surface area contributed by atoms with Gasteiger partial charge in [-0.05, 0) is 62.3 Å². The summed E-state index contributed by atoms with van der Waals surface area (Å²) >= 11 is 0. The number of nitrogens with one attached hydrogen (secondary N) is 1. The number of benzene rings is 1. The molecule has 2 aromatic rings. The predicted molar refractivity (Wildman–Crippen MR) is 110 cm³/mol. The van der Waals surface area contributed by atoms with Crippen molar-refractivity contribution >= 4 is 31.6 Å². The molecule has 1 aromatic heterocycles. The first-order chi connectivity index (χ1) is 14.3. The van der Waals surface area contributed by atoms with Crippen LogP contribution in [0.4, 0.5) is 5.69 Å². The van der Waals surface area contributed by atoms with Gasteiger partial charge in [0.25, 0.3) is 0 Å². The van der Waals surface area contributed by atoms with E-state index in [1.54, 1.807) is 12.3 Å². The van der Waals surface area contributed by atoms with Gasteiger partial charge >= 0.3 is 0 Å². The van der Waals surface area contributed by atoms with E-state index in [1.807, 2.05) is 6.07 Å². The predicted octanol–water partition coefficient (Wildman–Crippen LogP) is 1.46. The Kier molecular flexibility index (Phi) is 5.71. The number of sulfonamides is 2. The van der Waals surface area contributed by atoms with Crippen LogP contribution in [0.25, 0.3) is 0 Å². The lowest BCUT2D eigenvalue weighted by atomic mass is 10.2. The van der Waals surface area contributed by atoms with Crippen LogP contribution in [0.3, 0.4) is 0 Å². The molecule has 1 atom stereocenters. The summed E-state index contributed by atoms with van der Waals surface area (Å²) in [6, 6.07) is 8.68. The molecule has 11 heteroatoms. The Morgan fingerprint density at radius 1 is 1.10 bits per heavy atom. The summed E-state index contributed by atoms with van der Waals surface area (Å²) in [7, 11) is -7.52. The van der Waals surface area contributed by atoms with Crippen molar-refractivity contribution in [1.82, 2.24) is 9.62 Å². The number of likely N-dealkylation sites (tertiary alicyclic amines) is 1. The van der Waals surface area contributed by atoms with E-state index in [0.29, 0.717) is 5.76 Å². The monoisotopic (exact) mass is 453 g/mol. The van der Waals surface area contributed by atoms with Crippen LogP contribution in [0, 0.1) is 0 Å². The Labute approximate surface area is 175 Å². The van der Waals surface area contributed by atoms with Crippen molar-refractivity contribution in [3.05, 3.63) is 48.4 Å². The first-order valence-electron chi connectivity index (χ1n) is 9.71. The smallest absolute Gasteiger partial charge is 0.242 e. The fourth-order valence-electron chi connectivity index (χ4n) is 3.85. The zero-order chi connectivity index (χ0) is 21.4. The van der Waals surface area contributed by atoms with E-state index in [4.69, 9.17) is 4.42 Å². The van der Waals surface area contributed by atoms with Gasteiger partial charge in [0, 0.05) is 13.0 Å². The van der Waals surface area contributed by atoms with Crippen molar-refractivity contribution in [1.29, 1.82) is 0 Å². The molecule has 0 bridgehead atoms. The van der Waals surface area contributed by atoms with Gasteiger partial charge in [0.2, 0.25) is 26.0 Å². The fourth-order valence-corrected chi connectivity index (χ4v) is 6.34. The van der Waals surface area contributed by atoms with Crippen LogP contribution >= 0.6 is 0 Å². The summed E-state index contributed by atoms with van der Waals surface area (Å²) < 4.78 is 58.5. The molecule has 162 valence electrons. The third-order valence-corrected chi connectivity index (χ3v) is 8.51. The summed E-state index contributed by atoms with van der Waals surface area (Å²) in [5.74, 6) is -0.0543. The van der Waals surface area contributed by atoms with Gasteiger partial charge in [0.1, 0.15) is 5.76 Å². The number of rotatable bonds is 7. The van der Waals surface area contributed by atoms with Gasteiger partial charge in [-0.25, -0.2) is 25.9 Å². The molecule has 0 saturated carbocycles. The first-order valence-corrected chi connectivity index (χ1v) is 12.8. The molecule has 1 aromatic carbocycles. The number of nitrogens with zero attached hydrogens (tertiary/aromatic N) is 2. The second-order valence-electron chi connectivity index (χ2n) is 7.34. The maximum Gasteiger partial charge on any atom is 0.242 e. The SMILES string of the molecule is O=C1CCS(=O)(=O)N1c1ccc(S(=O)(=O)NC[C@H](c2ccco2)N2CCCC2)cc1. The third-order valence-electron chi connectivity index (χ3n) is 5.38. The lowest BCUT2D eigenvalue weighted by molar-refractivity contribution is -0.116. The zero-order valence-corrected chi connectivity index (χ0v) is 17.9. The molecule has 2 aliphatic heterocycles. The molecule has 30 heavy (non-hydrogen) atoms. The molecule has 0 radical (unpaired) electrons. The maximum absolute atomic E-state index is 12.8. The van der Waals surface area contributed by atoms with E-state index >= 15 is 0 Å². The highest BCUT2D eigenvalue weighted by atomic mass is 32.2. The molecule has 0 aliphatic carbocycles. The van der Waals surface area contributed by atoms with E-state index < -0.39 is 26.0 Å². The van der Waals surface area contributed by atoms with Crippen LogP contribution in [-0.4, -0.2) is 53.0 Å². The van der Waals surface area contributed by atoms with Crippen LogP contribution in [0.2, 0.25) is 0 Å². The minimum atomic E-state index is -3.83. The Morgan fingerprint density at radius 3 is 2.37 bits per heavy atom. The molecule has 2 aliphatic rings. The summed E-state index contributed by atoms with van der Waals surface area (Å²) in [5, 5.41) is 0. The van der Waals surface area contributed by atoms with E-state index in [0.717, 1.165) is 30.2 Å². The van der Waals surface area contributed by atoms with Crippen molar-refractivity contribution in [3.8, 4) is 0 Å². The summed E-state index contributed by atoms with van der Waals surface area (Å²) in [6.07, 6.45) is 3.61. The maximum atomic E-state index is 12.8. The summed E-state index contributed by atoms with van der Waals surface area (Å²) in [5.41, 5.74) is 0.141. The van der Waals surface area contributed by atoms with E-state index in [-0.39, 0.29) is 35.3 Å². The second kappa shape index (κ2) is 8.14. The number of furan rings is 1. The highest BCUT2D eigenvalue weighted by Gasteiger charge is 2.36. The van der Waals surface area contributed by atoms with Gasteiger partial charge in [-0.3, -0.25) is 9.69 Å². The number of amides is 1. The molecule has 1 N–H and O–H groups in total. The topological polar surface area (TPSA) is 117 Å². The largest absolute Gasteiger partial charge is 0.468 e. The number of carbonyl (C=O) groups excluding carboxylic acids is 1. The van der Waals surface area contributed by atoms with Crippen LogP contribution in [0.1, 0.15) is 31.1 Å². The minimum absolute atomic E-state index is 0.00471. The second-order valence-corrected chi connectivity index (χ2v) is 11.0. The van der Waals surface area contributed by atoms with Crippen LogP contribution in [-0.2, 0) is 24.8 Å². The van der Waals surface area contributed by atoms with Crippen molar-refractivity contribution in [2.45, 2.75) is 30.2 Å². The van der Waals surface area contributed by atoms with E-state index in [1.165, 1.54) is 24.3 Å². The van der Waals surface area contributed by atoms with Crippen molar-refractivity contribution in [2.75, 3.05) is 29.7 Å². The fraction of sp³-hybridized carbons (Fsp3) is 0.421. The highest BCUT2D eigenvalue weighted by molar-refractivity contribution is 7.94. The Morgan fingerprint density at radius 2 is 1.80 bits per heavy atom. The molecule has 3 heterocycles. The normalized spacial score (nSPS) is 20.7. The van der Waals surface area contributed by atoms with Crippen molar-refractivity contribution in [2.24, 2.45) is 0 Å². The number of anilines is 1. The van der Waals surface area contributed by atoms with Gasteiger partial charge in [0.05, 0.1) is 28.6 Å². The number of carbonyl (C=O) groups is 1. The van der Waals surface area contributed by atoms with Crippen molar-refractivity contribution < 1.29 is 26.0 Å². The molecule has 0 unspecified atom stereocenters. The summed E-state index contributed by atoms with van der Waals surface area (Å²) in [6.45, 7) is 1.90. The first kappa shape index (κ1) is 21.0. The van der Waals surface area contributed by atoms with Gasteiger partial charge in [0.15, 0.2) is 0 Å². The zero-order valence-electron chi connectivity index (χ0n) is 16.2. The Balaban J connectivity index is 1.50. The van der Waals surface area contributed by atoms with Gasteiger partial charge in [-0.2, -0.15) is 0 Å². The molecular formula is C19H23N3O6S2. The standard InChI is InChI=1S/C19H23N3O6S2/c23-19-9-13-29(24,25)22(19)15-5-7-16(8-6-15)30(26,27)20-14-17(18-4-3-12-28-18)21-10-1-2-11-21/h3-8,12,17,20H,1-2,9-11,13-14H2/t17-/m1/s1. The van der Waals surface area contributed by atoms with Crippen molar-refractivity contribution in [3.63, 3.8) is 0 Å². The van der Waals surface area contributed by atoms with Gasteiger partial charge < -0.3 is 4.42 Å². The molecular weight excluding hydrogens is 430 g/mol. The molecule has 4 rings (SSSR count). The van der Waals surface area contributed by atoms with Crippen LogP contribution in [0.5, 0.6) is 0 Å². The lowest BCUT2D eigenvalue weighted by Gasteiger charge is -2.26. The average molecular weight is 454 g/mol. The van der Waals surface area contributed by atoms with Gasteiger partial charge in [-0.1, -0.05) is 0 Å². The third kappa shape index (κ3) is 4.15. The number of hydrogen-bond donors (Lipinski definition) is 1. The minimum Gasteiger partial charge on any atom is -0.468 e. The Hall–Kier alpha value is -2.21. The lowest BCUT2D eigenvalue weighted by Crippen LogP contribution is -2.36. The quantitative estimate of drug-likeness (QED) is 0.674. The summed E-state index contributed by atoms with van der Waals surface area (Å²) in [4.78, 5) is 14.1. The molecule has 0 spiro atoms. The Bertz CT molecular complexity index is 1110. The van der Waals surface area contributed by atoms with Crippen LogP contribution < -0.4 is 9.03 Å². The molecule has 1 amide bonds.